The lowest BCUT2D eigenvalue weighted by Gasteiger charge is -2.22. The topological polar surface area (TPSA) is 86.3 Å². The summed E-state index contributed by atoms with van der Waals surface area (Å²) in [5.74, 6) is 1.16. The summed E-state index contributed by atoms with van der Waals surface area (Å²) < 4.78 is 12.4. The third kappa shape index (κ3) is 3.58. The Morgan fingerprint density at radius 1 is 1.44 bits per heavy atom. The van der Waals surface area contributed by atoms with E-state index in [1.807, 2.05) is 6.20 Å². The first-order valence-electron chi connectivity index (χ1n) is 8.50. The highest BCUT2D eigenvalue weighted by Gasteiger charge is 2.32. The standard InChI is InChI=1S/C17H25N5O3/c1-11(15-18-8-14(25-15)17(2,3)4)21-7-6-12(9-21)22-10-13(19-20-22)16(23)24-5/h8,10-12H,6-7,9H2,1-5H3/t11-,12+/m0/s1. The quantitative estimate of drug-likeness (QED) is 0.785. The van der Waals surface area contributed by atoms with Crippen LogP contribution >= 0.6 is 0 Å². The number of nitrogens with zero attached hydrogens (tertiary/aromatic N) is 5. The lowest BCUT2D eigenvalue weighted by Crippen LogP contribution is -2.25. The second-order valence-corrected chi connectivity index (χ2v) is 7.50. The Bertz CT molecular complexity index is 746. The van der Waals surface area contributed by atoms with Crippen LogP contribution in [0.4, 0.5) is 0 Å². The molecule has 0 saturated carbocycles. The second-order valence-electron chi connectivity index (χ2n) is 7.50. The third-order valence-corrected chi connectivity index (χ3v) is 4.64. The van der Waals surface area contributed by atoms with E-state index in [2.05, 4.69) is 52.6 Å². The van der Waals surface area contributed by atoms with Crippen LogP contribution in [0.5, 0.6) is 0 Å². The van der Waals surface area contributed by atoms with Crippen LogP contribution in [0, 0.1) is 0 Å². The molecule has 2 aromatic heterocycles. The van der Waals surface area contributed by atoms with Crippen molar-refractivity contribution in [3.05, 3.63) is 29.7 Å². The summed E-state index contributed by atoms with van der Waals surface area (Å²) in [6.45, 7) is 10.1. The van der Waals surface area contributed by atoms with E-state index in [1.54, 1.807) is 10.9 Å². The van der Waals surface area contributed by atoms with E-state index in [0.717, 1.165) is 31.2 Å². The SMILES string of the molecule is COC(=O)c1cn([C@@H]2CCN([C@@H](C)c3ncc(C(C)(C)C)o3)C2)nn1. The highest BCUT2D eigenvalue weighted by atomic mass is 16.5. The molecule has 8 heteroatoms. The summed E-state index contributed by atoms with van der Waals surface area (Å²) in [7, 11) is 1.34. The number of hydrogen-bond acceptors (Lipinski definition) is 7. The maximum Gasteiger partial charge on any atom is 0.360 e. The smallest absolute Gasteiger partial charge is 0.360 e. The van der Waals surface area contributed by atoms with Crippen LogP contribution in [0.15, 0.2) is 16.8 Å². The van der Waals surface area contributed by atoms with Gasteiger partial charge in [0.25, 0.3) is 0 Å². The van der Waals surface area contributed by atoms with Gasteiger partial charge in [-0.3, -0.25) is 4.90 Å². The van der Waals surface area contributed by atoms with E-state index in [1.165, 1.54) is 7.11 Å². The molecule has 1 saturated heterocycles. The minimum Gasteiger partial charge on any atom is -0.464 e. The summed E-state index contributed by atoms with van der Waals surface area (Å²) >= 11 is 0. The van der Waals surface area contributed by atoms with Crippen LogP contribution < -0.4 is 0 Å². The Balaban J connectivity index is 1.67. The van der Waals surface area contributed by atoms with Crippen molar-refractivity contribution < 1.29 is 13.9 Å². The van der Waals surface area contributed by atoms with Crippen molar-refractivity contribution in [2.24, 2.45) is 0 Å². The molecule has 0 unspecified atom stereocenters. The van der Waals surface area contributed by atoms with Gasteiger partial charge < -0.3 is 9.15 Å². The summed E-state index contributed by atoms with van der Waals surface area (Å²) in [4.78, 5) is 18.3. The fourth-order valence-corrected chi connectivity index (χ4v) is 2.97. The average Bonchev–Trinajstić information content (AvgIpc) is 3.31. The van der Waals surface area contributed by atoms with Crippen LogP contribution in [-0.4, -0.2) is 51.0 Å². The lowest BCUT2D eigenvalue weighted by atomic mass is 9.94. The molecule has 1 fully saturated rings. The van der Waals surface area contributed by atoms with Crippen molar-refractivity contribution >= 4 is 5.97 Å². The van der Waals surface area contributed by atoms with Gasteiger partial charge in [-0.05, 0) is 13.3 Å². The molecule has 0 aliphatic carbocycles. The number of ether oxygens (including phenoxy) is 1. The molecule has 2 aromatic rings. The second kappa shape index (κ2) is 6.59. The Kier molecular flexibility index (Phi) is 4.64. The van der Waals surface area contributed by atoms with Gasteiger partial charge in [0.1, 0.15) is 5.76 Å². The lowest BCUT2D eigenvalue weighted by molar-refractivity contribution is 0.0594. The molecule has 136 valence electrons. The third-order valence-electron chi connectivity index (χ3n) is 4.64. The molecular weight excluding hydrogens is 322 g/mol. The van der Waals surface area contributed by atoms with Gasteiger partial charge in [-0.25, -0.2) is 14.5 Å². The van der Waals surface area contributed by atoms with E-state index in [0.29, 0.717) is 0 Å². The zero-order valence-electron chi connectivity index (χ0n) is 15.4. The summed E-state index contributed by atoms with van der Waals surface area (Å²) in [6.07, 6.45) is 4.40. The van der Waals surface area contributed by atoms with E-state index >= 15 is 0 Å². The molecule has 3 rings (SSSR count). The first-order chi connectivity index (χ1) is 11.8. The van der Waals surface area contributed by atoms with Crippen molar-refractivity contribution in [2.45, 2.75) is 51.6 Å². The predicted octanol–water partition coefficient (Wildman–Crippen LogP) is 2.36. The van der Waals surface area contributed by atoms with E-state index in [4.69, 9.17) is 4.42 Å². The molecule has 0 spiro atoms. The van der Waals surface area contributed by atoms with E-state index in [-0.39, 0.29) is 23.2 Å². The predicted molar refractivity (Wildman–Crippen MR) is 90.2 cm³/mol. The van der Waals surface area contributed by atoms with Gasteiger partial charge in [0.2, 0.25) is 5.89 Å². The highest BCUT2D eigenvalue weighted by Crippen LogP contribution is 2.31. The van der Waals surface area contributed by atoms with Gasteiger partial charge in [-0.1, -0.05) is 26.0 Å². The van der Waals surface area contributed by atoms with Crippen LogP contribution in [0.25, 0.3) is 0 Å². The number of hydrogen-bond donors (Lipinski definition) is 0. The van der Waals surface area contributed by atoms with Crippen molar-refractivity contribution in [2.75, 3.05) is 20.2 Å². The number of carbonyl (C=O) groups is 1. The summed E-state index contributed by atoms with van der Waals surface area (Å²) in [5.41, 5.74) is 0.181. The van der Waals surface area contributed by atoms with Gasteiger partial charge in [0.15, 0.2) is 5.69 Å². The molecule has 25 heavy (non-hydrogen) atoms. The zero-order valence-corrected chi connectivity index (χ0v) is 15.4. The number of rotatable bonds is 4. The Morgan fingerprint density at radius 2 is 2.20 bits per heavy atom. The fourth-order valence-electron chi connectivity index (χ4n) is 2.97. The molecule has 0 radical (unpaired) electrons. The molecule has 1 aliphatic heterocycles. The van der Waals surface area contributed by atoms with Gasteiger partial charge in [0, 0.05) is 18.5 Å². The van der Waals surface area contributed by atoms with Crippen LogP contribution in [0.2, 0.25) is 0 Å². The van der Waals surface area contributed by atoms with Gasteiger partial charge >= 0.3 is 5.97 Å². The van der Waals surface area contributed by atoms with E-state index in [9.17, 15) is 4.79 Å². The largest absolute Gasteiger partial charge is 0.464 e. The average molecular weight is 347 g/mol. The Hall–Kier alpha value is -2.22. The minimum absolute atomic E-state index is 0.0521. The van der Waals surface area contributed by atoms with Crippen molar-refractivity contribution in [1.82, 2.24) is 24.9 Å². The van der Waals surface area contributed by atoms with Crippen molar-refractivity contribution in [1.29, 1.82) is 0 Å². The number of oxazole rings is 1. The van der Waals surface area contributed by atoms with Crippen LogP contribution in [0.1, 0.15) is 68.3 Å². The number of carbonyl (C=O) groups excluding carboxylic acids is 1. The summed E-state index contributed by atoms with van der Waals surface area (Å²) in [6, 6.07) is 0.259. The monoisotopic (exact) mass is 347 g/mol. The number of methoxy groups -OCH3 is 1. The van der Waals surface area contributed by atoms with Gasteiger partial charge in [-0.2, -0.15) is 0 Å². The first kappa shape index (κ1) is 17.6. The Morgan fingerprint density at radius 3 is 2.84 bits per heavy atom. The molecule has 0 amide bonds. The molecule has 1 aliphatic rings. The maximum absolute atomic E-state index is 11.5. The molecular formula is C17H25N5O3. The summed E-state index contributed by atoms with van der Waals surface area (Å²) in [5, 5.41) is 7.95. The fraction of sp³-hybridized carbons (Fsp3) is 0.647. The molecule has 0 N–H and O–H groups in total. The number of esters is 1. The van der Waals surface area contributed by atoms with Crippen molar-refractivity contribution in [3.8, 4) is 0 Å². The van der Waals surface area contributed by atoms with Crippen molar-refractivity contribution in [3.63, 3.8) is 0 Å². The molecule has 0 bridgehead atoms. The van der Waals surface area contributed by atoms with Crippen LogP contribution in [0.3, 0.4) is 0 Å². The zero-order chi connectivity index (χ0) is 18.2. The minimum atomic E-state index is -0.469. The van der Waals surface area contributed by atoms with Gasteiger partial charge in [0.05, 0.1) is 31.6 Å². The first-order valence-corrected chi connectivity index (χ1v) is 8.50. The number of aromatic nitrogens is 4. The molecule has 8 nitrogen and oxygen atoms in total. The number of likely N-dealkylation sites (tertiary alicyclic amines) is 1. The normalized spacial score (nSPS) is 20.0. The van der Waals surface area contributed by atoms with E-state index < -0.39 is 5.97 Å². The van der Waals surface area contributed by atoms with Gasteiger partial charge in [-0.15, -0.1) is 5.10 Å². The maximum atomic E-state index is 11.5. The highest BCUT2D eigenvalue weighted by molar-refractivity contribution is 5.86. The van der Waals surface area contributed by atoms with Crippen LogP contribution in [-0.2, 0) is 10.2 Å². The molecule has 2 atom stereocenters. The Labute approximate surface area is 147 Å². The molecule has 3 heterocycles. The molecule has 0 aromatic carbocycles.